The van der Waals surface area contributed by atoms with Crippen LogP contribution < -0.4 is 10.6 Å². The zero-order valence-electron chi connectivity index (χ0n) is 13.6. The lowest BCUT2D eigenvalue weighted by Gasteiger charge is -2.13. The summed E-state index contributed by atoms with van der Waals surface area (Å²) in [4.78, 5) is 25.7. The summed E-state index contributed by atoms with van der Waals surface area (Å²) >= 11 is 1.53. The van der Waals surface area contributed by atoms with E-state index in [0.29, 0.717) is 11.4 Å². The third-order valence-corrected chi connectivity index (χ3v) is 4.30. The van der Waals surface area contributed by atoms with E-state index in [1.54, 1.807) is 14.1 Å². The summed E-state index contributed by atoms with van der Waals surface area (Å²) in [5.74, 6) is 0.569. The predicted molar refractivity (Wildman–Crippen MR) is 92.3 cm³/mol. The number of nitrogens with zero attached hydrogens (tertiary/aromatic N) is 2. The number of benzene rings is 1. The highest BCUT2D eigenvalue weighted by molar-refractivity contribution is 7.99. The number of thioether (sulfide) groups is 1. The normalized spacial score (nSPS) is 11.2. The van der Waals surface area contributed by atoms with Gasteiger partial charge in [0.25, 0.3) is 0 Å². The number of nitrogens with one attached hydrogen (secondary N) is 2. The van der Waals surface area contributed by atoms with Crippen molar-refractivity contribution in [1.29, 1.82) is 5.26 Å². The van der Waals surface area contributed by atoms with Crippen molar-refractivity contribution >= 4 is 29.4 Å². The van der Waals surface area contributed by atoms with Crippen LogP contribution >= 0.6 is 11.8 Å². The van der Waals surface area contributed by atoms with Crippen LogP contribution in [0.25, 0.3) is 0 Å². The highest BCUT2D eigenvalue weighted by Crippen LogP contribution is 2.28. The molecule has 0 aliphatic rings. The highest BCUT2D eigenvalue weighted by Gasteiger charge is 2.09. The van der Waals surface area contributed by atoms with Crippen LogP contribution in [-0.4, -0.2) is 43.2 Å². The SMILES string of the molecule is CC(C#N)CSc1ccccc1NC(=O)NCCC(=O)N(C)C. The number of urea groups is 1. The molecular weight excluding hydrogens is 312 g/mol. The van der Waals surface area contributed by atoms with Crippen molar-refractivity contribution in [3.05, 3.63) is 24.3 Å². The first kappa shape index (κ1) is 18.8. The Morgan fingerprint density at radius 3 is 2.70 bits per heavy atom. The van der Waals surface area contributed by atoms with Gasteiger partial charge in [-0.2, -0.15) is 5.26 Å². The van der Waals surface area contributed by atoms with Crippen molar-refractivity contribution < 1.29 is 9.59 Å². The Balaban J connectivity index is 2.51. The second-order valence-corrected chi connectivity index (χ2v) is 6.32. The molecule has 3 amide bonds. The molecule has 0 radical (unpaired) electrons. The number of anilines is 1. The number of carbonyl (C=O) groups excluding carboxylic acids is 2. The lowest BCUT2D eigenvalue weighted by molar-refractivity contribution is -0.128. The zero-order valence-corrected chi connectivity index (χ0v) is 14.4. The fourth-order valence-corrected chi connectivity index (χ4v) is 2.57. The van der Waals surface area contributed by atoms with E-state index >= 15 is 0 Å². The van der Waals surface area contributed by atoms with E-state index in [1.165, 1.54) is 16.7 Å². The van der Waals surface area contributed by atoms with Crippen LogP contribution in [0.5, 0.6) is 0 Å². The predicted octanol–water partition coefficient (Wildman–Crippen LogP) is 2.54. The Hall–Kier alpha value is -2.20. The third-order valence-electron chi connectivity index (χ3n) is 2.97. The van der Waals surface area contributed by atoms with Gasteiger partial charge in [-0.25, -0.2) is 4.79 Å². The van der Waals surface area contributed by atoms with Gasteiger partial charge in [-0.15, -0.1) is 11.8 Å². The first-order chi connectivity index (χ1) is 10.9. The number of rotatable bonds is 7. The van der Waals surface area contributed by atoms with Crippen molar-refractivity contribution in [1.82, 2.24) is 10.2 Å². The molecule has 0 saturated carbocycles. The Bertz CT molecular complexity index is 584. The van der Waals surface area contributed by atoms with Crippen molar-refractivity contribution in [3.63, 3.8) is 0 Å². The van der Waals surface area contributed by atoms with Gasteiger partial charge in [0.05, 0.1) is 17.7 Å². The maximum absolute atomic E-state index is 11.9. The van der Waals surface area contributed by atoms with Crippen LogP contribution in [0.4, 0.5) is 10.5 Å². The average molecular weight is 334 g/mol. The van der Waals surface area contributed by atoms with Crippen molar-refractivity contribution in [2.24, 2.45) is 5.92 Å². The molecule has 0 aliphatic heterocycles. The lowest BCUT2D eigenvalue weighted by atomic mass is 10.3. The maximum atomic E-state index is 11.9. The summed E-state index contributed by atoms with van der Waals surface area (Å²) in [5, 5.41) is 14.3. The molecule has 0 saturated heterocycles. The summed E-state index contributed by atoms with van der Waals surface area (Å²) in [5.41, 5.74) is 0.694. The van der Waals surface area contributed by atoms with Gasteiger partial charge in [-0.1, -0.05) is 12.1 Å². The van der Waals surface area contributed by atoms with Gasteiger partial charge in [-0.3, -0.25) is 4.79 Å². The Labute approximate surface area is 141 Å². The van der Waals surface area contributed by atoms with Gasteiger partial charge >= 0.3 is 6.03 Å². The summed E-state index contributed by atoms with van der Waals surface area (Å²) < 4.78 is 0. The monoisotopic (exact) mass is 334 g/mol. The summed E-state index contributed by atoms with van der Waals surface area (Å²) in [6.45, 7) is 2.14. The van der Waals surface area contributed by atoms with Crippen molar-refractivity contribution in [3.8, 4) is 6.07 Å². The van der Waals surface area contributed by atoms with Gasteiger partial charge < -0.3 is 15.5 Å². The molecule has 1 unspecified atom stereocenters. The molecule has 124 valence electrons. The second-order valence-electron chi connectivity index (χ2n) is 5.26. The average Bonchev–Trinajstić information content (AvgIpc) is 2.53. The minimum absolute atomic E-state index is 0.0354. The van der Waals surface area contributed by atoms with Crippen LogP contribution in [0.1, 0.15) is 13.3 Å². The van der Waals surface area contributed by atoms with Crippen LogP contribution in [0.2, 0.25) is 0 Å². The van der Waals surface area contributed by atoms with Gasteiger partial charge in [-0.05, 0) is 19.1 Å². The first-order valence-corrected chi connectivity index (χ1v) is 8.29. The molecule has 0 heterocycles. The molecule has 7 heteroatoms. The maximum Gasteiger partial charge on any atom is 0.319 e. The van der Waals surface area contributed by atoms with E-state index in [-0.39, 0.29) is 30.8 Å². The molecule has 1 aromatic rings. The number of para-hydroxylation sites is 1. The smallest absolute Gasteiger partial charge is 0.319 e. The minimum atomic E-state index is -0.349. The first-order valence-electron chi connectivity index (χ1n) is 7.30. The molecule has 0 spiro atoms. The summed E-state index contributed by atoms with van der Waals surface area (Å²) in [6.07, 6.45) is 0.260. The highest BCUT2D eigenvalue weighted by atomic mass is 32.2. The zero-order chi connectivity index (χ0) is 17.2. The summed E-state index contributed by atoms with van der Waals surface area (Å²) in [7, 11) is 3.36. The molecule has 6 nitrogen and oxygen atoms in total. The molecule has 0 aliphatic carbocycles. The van der Waals surface area contributed by atoms with Crippen molar-refractivity contribution in [2.75, 3.05) is 31.7 Å². The quantitative estimate of drug-likeness (QED) is 0.750. The lowest BCUT2D eigenvalue weighted by Crippen LogP contribution is -2.33. The summed E-state index contributed by atoms with van der Waals surface area (Å²) in [6, 6.07) is 9.27. The van der Waals surface area contributed by atoms with Crippen molar-refractivity contribution in [2.45, 2.75) is 18.2 Å². The van der Waals surface area contributed by atoms with E-state index in [0.717, 1.165) is 4.90 Å². The van der Waals surface area contributed by atoms with E-state index in [1.807, 2.05) is 31.2 Å². The molecule has 2 N–H and O–H groups in total. The minimum Gasteiger partial charge on any atom is -0.349 e. The molecule has 23 heavy (non-hydrogen) atoms. The standard InChI is InChI=1S/C16H22N4O2S/c1-12(10-17)11-23-14-7-5-4-6-13(14)19-16(22)18-9-8-15(21)20(2)3/h4-7,12H,8-9,11H2,1-3H3,(H2,18,19,22). The van der Waals surface area contributed by atoms with E-state index in [2.05, 4.69) is 16.7 Å². The molecule has 1 atom stereocenters. The van der Waals surface area contributed by atoms with Gasteiger partial charge in [0.15, 0.2) is 0 Å². The van der Waals surface area contributed by atoms with E-state index < -0.39 is 0 Å². The number of carbonyl (C=O) groups is 2. The van der Waals surface area contributed by atoms with Crippen LogP contribution in [0.3, 0.4) is 0 Å². The number of nitriles is 1. The van der Waals surface area contributed by atoms with Gasteiger partial charge in [0.1, 0.15) is 0 Å². The van der Waals surface area contributed by atoms with E-state index in [4.69, 9.17) is 5.26 Å². The molecule has 0 bridgehead atoms. The Morgan fingerprint density at radius 2 is 2.04 bits per heavy atom. The number of hydrogen-bond donors (Lipinski definition) is 2. The molecule has 1 aromatic carbocycles. The van der Waals surface area contributed by atoms with Gasteiger partial charge in [0.2, 0.25) is 5.91 Å². The molecular formula is C16H22N4O2S. The van der Waals surface area contributed by atoms with Crippen LogP contribution in [-0.2, 0) is 4.79 Å². The molecule has 0 aromatic heterocycles. The fourth-order valence-electron chi connectivity index (χ4n) is 1.62. The molecule has 0 fully saturated rings. The van der Waals surface area contributed by atoms with Crippen LogP contribution in [0, 0.1) is 17.2 Å². The Morgan fingerprint density at radius 1 is 1.35 bits per heavy atom. The van der Waals surface area contributed by atoms with Crippen LogP contribution in [0.15, 0.2) is 29.2 Å². The number of amides is 3. The van der Waals surface area contributed by atoms with Gasteiger partial charge in [0, 0.05) is 37.7 Å². The Kier molecular flexibility index (Phi) is 7.98. The topological polar surface area (TPSA) is 85.2 Å². The largest absolute Gasteiger partial charge is 0.349 e. The molecule has 1 rings (SSSR count). The third kappa shape index (κ3) is 7.06. The van der Waals surface area contributed by atoms with E-state index in [9.17, 15) is 9.59 Å². The fraction of sp³-hybridized carbons (Fsp3) is 0.438. The number of hydrogen-bond acceptors (Lipinski definition) is 4. The second kappa shape index (κ2) is 9.74.